The van der Waals surface area contributed by atoms with Crippen molar-refractivity contribution in [2.45, 2.75) is 32.2 Å². The lowest BCUT2D eigenvalue weighted by molar-refractivity contribution is -0.119. The largest absolute Gasteiger partial charge is 0.378 e. The minimum absolute atomic E-state index is 0.153. The fourth-order valence-electron chi connectivity index (χ4n) is 4.16. The number of anilines is 2. The summed E-state index contributed by atoms with van der Waals surface area (Å²) in [5.74, 6) is -0.371. The van der Waals surface area contributed by atoms with Gasteiger partial charge in [-0.15, -0.1) is 0 Å². The van der Waals surface area contributed by atoms with E-state index in [0.29, 0.717) is 12.2 Å². The van der Waals surface area contributed by atoms with Crippen LogP contribution in [0.2, 0.25) is 0 Å². The average molecular weight is 508 g/mol. The van der Waals surface area contributed by atoms with Gasteiger partial charge in [0.05, 0.1) is 23.8 Å². The Hall–Kier alpha value is -3.36. The fourth-order valence-corrected chi connectivity index (χ4v) is 5.64. The van der Waals surface area contributed by atoms with Gasteiger partial charge in [0.25, 0.3) is 10.0 Å². The molecule has 36 heavy (non-hydrogen) atoms. The molecule has 1 N–H and O–H groups in total. The molecule has 3 aromatic carbocycles. The lowest BCUT2D eigenvalue weighted by Gasteiger charge is -2.29. The van der Waals surface area contributed by atoms with Crippen LogP contribution in [-0.4, -0.2) is 47.2 Å². The molecule has 1 saturated heterocycles. The first-order valence-electron chi connectivity index (χ1n) is 12.1. The molecule has 1 aliphatic rings. The second-order valence-corrected chi connectivity index (χ2v) is 11.0. The normalized spacial score (nSPS) is 13.9. The predicted octanol–water partition coefficient (Wildman–Crippen LogP) is 3.96. The van der Waals surface area contributed by atoms with Gasteiger partial charge in [-0.2, -0.15) is 0 Å². The van der Waals surface area contributed by atoms with E-state index in [0.717, 1.165) is 54.2 Å². The third kappa shape index (κ3) is 6.06. The number of hydrogen-bond acceptors (Lipinski definition) is 5. The number of hydrogen-bond donors (Lipinski definition) is 1. The maximum Gasteiger partial charge on any atom is 0.264 e. The maximum absolute atomic E-state index is 13.6. The van der Waals surface area contributed by atoms with Crippen LogP contribution in [-0.2, 0) is 26.1 Å². The van der Waals surface area contributed by atoms with Crippen LogP contribution in [0.1, 0.15) is 22.3 Å². The van der Waals surface area contributed by atoms with Gasteiger partial charge < -0.3 is 15.0 Å². The molecule has 0 atom stereocenters. The molecule has 1 fully saturated rings. The standard InChI is InChI=1S/C28H33N3O4S/c1-21-5-12-26(13-6-21)36(33,34)31(27-18-22(2)4-7-23(27)3)20-28(32)29-19-24-8-10-25(11-9-24)30-14-16-35-17-15-30/h4-13,18H,14-17,19-20H2,1-3H3,(H,29,32). The molecular weight excluding hydrogens is 474 g/mol. The van der Waals surface area contributed by atoms with Gasteiger partial charge in [0.2, 0.25) is 5.91 Å². The molecule has 0 radical (unpaired) electrons. The highest BCUT2D eigenvalue weighted by atomic mass is 32.2. The smallest absolute Gasteiger partial charge is 0.264 e. The number of carbonyl (C=O) groups excluding carboxylic acids is 1. The van der Waals surface area contributed by atoms with Gasteiger partial charge in [0.1, 0.15) is 6.54 Å². The molecule has 0 aliphatic carbocycles. The Morgan fingerprint density at radius 1 is 0.917 bits per heavy atom. The number of morpholine rings is 1. The molecule has 0 aromatic heterocycles. The molecule has 1 amide bonds. The van der Waals surface area contributed by atoms with E-state index in [1.165, 1.54) is 4.31 Å². The van der Waals surface area contributed by atoms with Crippen LogP contribution in [0.3, 0.4) is 0 Å². The van der Waals surface area contributed by atoms with Crippen LogP contribution in [0.25, 0.3) is 0 Å². The second kappa shape index (κ2) is 11.1. The molecule has 0 bridgehead atoms. The molecule has 0 spiro atoms. The van der Waals surface area contributed by atoms with E-state index in [4.69, 9.17) is 4.74 Å². The molecule has 8 heteroatoms. The summed E-state index contributed by atoms with van der Waals surface area (Å²) in [5.41, 5.74) is 5.23. The Morgan fingerprint density at radius 2 is 1.56 bits per heavy atom. The highest BCUT2D eigenvalue weighted by Crippen LogP contribution is 2.28. The molecule has 1 heterocycles. The monoisotopic (exact) mass is 507 g/mol. The number of nitrogens with one attached hydrogen (secondary N) is 1. The molecule has 190 valence electrons. The third-order valence-corrected chi connectivity index (χ3v) is 8.11. The first kappa shape index (κ1) is 25.7. The summed E-state index contributed by atoms with van der Waals surface area (Å²) in [6, 6.07) is 20.3. The van der Waals surface area contributed by atoms with E-state index in [1.807, 2.05) is 57.2 Å². The number of rotatable bonds is 8. The van der Waals surface area contributed by atoms with Gasteiger partial charge in [0.15, 0.2) is 0 Å². The summed E-state index contributed by atoms with van der Waals surface area (Å²) in [4.78, 5) is 15.4. The zero-order valence-electron chi connectivity index (χ0n) is 21.0. The third-order valence-electron chi connectivity index (χ3n) is 6.33. The highest BCUT2D eigenvalue weighted by molar-refractivity contribution is 7.92. The molecule has 1 aliphatic heterocycles. The molecule has 7 nitrogen and oxygen atoms in total. The van der Waals surface area contributed by atoms with Gasteiger partial charge in [-0.1, -0.05) is 42.0 Å². The Labute approximate surface area is 213 Å². The van der Waals surface area contributed by atoms with Gasteiger partial charge in [0, 0.05) is 25.3 Å². The van der Waals surface area contributed by atoms with Crippen molar-refractivity contribution in [3.05, 3.63) is 89.0 Å². The van der Waals surface area contributed by atoms with E-state index < -0.39 is 10.0 Å². The number of amides is 1. The van der Waals surface area contributed by atoms with Crippen LogP contribution in [0.15, 0.2) is 71.6 Å². The van der Waals surface area contributed by atoms with Crippen molar-refractivity contribution in [1.82, 2.24) is 5.32 Å². The van der Waals surface area contributed by atoms with Crippen molar-refractivity contribution in [2.24, 2.45) is 0 Å². The SMILES string of the molecule is Cc1ccc(S(=O)(=O)N(CC(=O)NCc2ccc(N3CCOCC3)cc2)c2cc(C)ccc2C)cc1. The molecule has 3 aromatic rings. The van der Waals surface area contributed by atoms with Crippen LogP contribution in [0.5, 0.6) is 0 Å². The first-order chi connectivity index (χ1) is 17.2. The van der Waals surface area contributed by atoms with E-state index in [-0.39, 0.29) is 17.3 Å². The Balaban J connectivity index is 1.50. The molecular formula is C28H33N3O4S. The fraction of sp³-hybridized carbons (Fsp3) is 0.321. The number of sulfonamides is 1. The average Bonchev–Trinajstić information content (AvgIpc) is 2.88. The topological polar surface area (TPSA) is 79.0 Å². The number of benzene rings is 3. The Kier molecular flexibility index (Phi) is 7.96. The zero-order chi connectivity index (χ0) is 25.7. The summed E-state index contributed by atoms with van der Waals surface area (Å²) in [7, 11) is -3.95. The number of carbonyl (C=O) groups is 1. The lowest BCUT2D eigenvalue weighted by atomic mass is 10.1. The predicted molar refractivity (Wildman–Crippen MR) is 143 cm³/mol. The quantitative estimate of drug-likeness (QED) is 0.499. The Morgan fingerprint density at radius 3 is 2.22 bits per heavy atom. The van der Waals surface area contributed by atoms with Crippen molar-refractivity contribution in [1.29, 1.82) is 0 Å². The van der Waals surface area contributed by atoms with E-state index in [1.54, 1.807) is 30.3 Å². The first-order valence-corrected chi connectivity index (χ1v) is 13.5. The summed E-state index contributed by atoms with van der Waals surface area (Å²) >= 11 is 0. The van der Waals surface area contributed by atoms with Crippen LogP contribution >= 0.6 is 0 Å². The van der Waals surface area contributed by atoms with Gasteiger partial charge >= 0.3 is 0 Å². The molecule has 4 rings (SSSR count). The summed E-state index contributed by atoms with van der Waals surface area (Å²) < 4.78 is 33.9. The van der Waals surface area contributed by atoms with Gasteiger partial charge in [-0.3, -0.25) is 9.10 Å². The minimum Gasteiger partial charge on any atom is -0.378 e. The minimum atomic E-state index is -3.95. The summed E-state index contributed by atoms with van der Waals surface area (Å²) in [5, 5.41) is 2.89. The summed E-state index contributed by atoms with van der Waals surface area (Å²) in [6.07, 6.45) is 0. The molecule has 0 saturated carbocycles. The van der Waals surface area contributed by atoms with Gasteiger partial charge in [-0.25, -0.2) is 8.42 Å². The molecule has 0 unspecified atom stereocenters. The van der Waals surface area contributed by atoms with Crippen LogP contribution in [0.4, 0.5) is 11.4 Å². The Bertz CT molecular complexity index is 1300. The van der Waals surface area contributed by atoms with Crippen molar-refractivity contribution in [3.8, 4) is 0 Å². The van der Waals surface area contributed by atoms with Crippen molar-refractivity contribution in [2.75, 3.05) is 42.1 Å². The number of ether oxygens (including phenoxy) is 1. The maximum atomic E-state index is 13.6. The van der Waals surface area contributed by atoms with E-state index in [2.05, 4.69) is 10.2 Å². The van der Waals surface area contributed by atoms with Crippen LogP contribution in [0, 0.1) is 20.8 Å². The zero-order valence-corrected chi connectivity index (χ0v) is 21.8. The second-order valence-electron chi connectivity index (χ2n) is 9.16. The number of nitrogens with zero attached hydrogens (tertiary/aromatic N) is 2. The highest BCUT2D eigenvalue weighted by Gasteiger charge is 2.28. The van der Waals surface area contributed by atoms with E-state index >= 15 is 0 Å². The van der Waals surface area contributed by atoms with Crippen molar-refractivity contribution < 1.29 is 17.9 Å². The summed E-state index contributed by atoms with van der Waals surface area (Å²) in [6.45, 7) is 8.82. The van der Waals surface area contributed by atoms with Crippen LogP contribution < -0.4 is 14.5 Å². The van der Waals surface area contributed by atoms with Crippen molar-refractivity contribution >= 4 is 27.3 Å². The van der Waals surface area contributed by atoms with Gasteiger partial charge in [-0.05, 0) is 67.8 Å². The van der Waals surface area contributed by atoms with E-state index in [9.17, 15) is 13.2 Å². The number of aryl methyl sites for hydroxylation is 3. The van der Waals surface area contributed by atoms with Crippen molar-refractivity contribution in [3.63, 3.8) is 0 Å². The lowest BCUT2D eigenvalue weighted by Crippen LogP contribution is -2.41.